The van der Waals surface area contributed by atoms with Crippen LogP contribution in [0, 0.1) is 0 Å². The lowest BCUT2D eigenvalue weighted by Crippen LogP contribution is -2.08. The van der Waals surface area contributed by atoms with Gasteiger partial charge in [0, 0.05) is 34.2 Å². The van der Waals surface area contributed by atoms with Crippen molar-refractivity contribution in [2.24, 2.45) is 0 Å². The lowest BCUT2D eigenvalue weighted by atomic mass is 10.0. The predicted molar refractivity (Wildman–Crippen MR) is 64.1 cm³/mol. The summed E-state index contributed by atoms with van der Waals surface area (Å²) in [4.78, 5) is 3.71. The zero-order valence-electron chi connectivity index (χ0n) is 9.00. The first kappa shape index (κ1) is 12.7. The average Bonchev–Trinajstić information content (AvgIpc) is 2.31. The molecule has 0 aliphatic rings. The maximum absolute atomic E-state index is 12.9. The minimum Gasteiger partial charge on any atom is -0.398 e. The molecule has 94 valence electrons. The second-order valence-corrected chi connectivity index (χ2v) is 4.09. The fraction of sp³-hybridized carbons (Fsp3) is 0.0833. The zero-order valence-corrected chi connectivity index (χ0v) is 9.76. The van der Waals surface area contributed by atoms with Gasteiger partial charge in [0.1, 0.15) is 0 Å². The number of nitrogen functional groups attached to an aromatic ring is 1. The van der Waals surface area contributed by atoms with Crippen molar-refractivity contribution in [3.63, 3.8) is 0 Å². The third-order valence-corrected chi connectivity index (χ3v) is 2.67. The van der Waals surface area contributed by atoms with Gasteiger partial charge in [-0.15, -0.1) is 0 Å². The predicted octanol–water partition coefficient (Wildman–Crippen LogP) is 4.00. The molecule has 0 fully saturated rings. The molecule has 0 saturated heterocycles. The maximum Gasteiger partial charge on any atom is 0.417 e. The van der Waals surface area contributed by atoms with Crippen molar-refractivity contribution < 1.29 is 13.2 Å². The monoisotopic (exact) mass is 272 g/mol. The summed E-state index contributed by atoms with van der Waals surface area (Å²) in [6, 6.07) is 5.29. The number of hydrogen-bond acceptors (Lipinski definition) is 2. The van der Waals surface area contributed by atoms with Crippen molar-refractivity contribution >= 4 is 17.3 Å². The maximum atomic E-state index is 12.9. The van der Waals surface area contributed by atoms with E-state index in [2.05, 4.69) is 4.98 Å². The molecule has 1 heterocycles. The molecule has 0 unspecified atom stereocenters. The van der Waals surface area contributed by atoms with E-state index in [0.717, 1.165) is 18.5 Å². The first-order valence-corrected chi connectivity index (χ1v) is 5.34. The second kappa shape index (κ2) is 4.49. The standard InChI is InChI=1S/C12H8ClF3N2/c13-7-1-2-11(17)8(5-7)9-6-18-4-3-10(9)12(14,15)16/h1-6H,17H2. The van der Waals surface area contributed by atoms with Crippen molar-refractivity contribution in [2.45, 2.75) is 6.18 Å². The second-order valence-electron chi connectivity index (χ2n) is 3.65. The molecule has 0 saturated carbocycles. The van der Waals surface area contributed by atoms with E-state index in [-0.39, 0.29) is 16.8 Å². The topological polar surface area (TPSA) is 38.9 Å². The number of aromatic nitrogens is 1. The number of benzene rings is 1. The van der Waals surface area contributed by atoms with Crippen LogP contribution < -0.4 is 5.73 Å². The Hall–Kier alpha value is -1.75. The summed E-state index contributed by atoms with van der Waals surface area (Å²) >= 11 is 5.78. The number of alkyl halides is 3. The van der Waals surface area contributed by atoms with E-state index in [4.69, 9.17) is 17.3 Å². The van der Waals surface area contributed by atoms with Crippen LogP contribution in [0.5, 0.6) is 0 Å². The van der Waals surface area contributed by atoms with E-state index in [9.17, 15) is 13.2 Å². The van der Waals surface area contributed by atoms with Gasteiger partial charge in [0.15, 0.2) is 0 Å². The lowest BCUT2D eigenvalue weighted by Gasteiger charge is -2.13. The van der Waals surface area contributed by atoms with Gasteiger partial charge in [-0.3, -0.25) is 4.98 Å². The van der Waals surface area contributed by atoms with Crippen LogP contribution in [0.4, 0.5) is 18.9 Å². The minimum atomic E-state index is -4.47. The number of nitrogens with two attached hydrogens (primary N) is 1. The van der Waals surface area contributed by atoms with E-state index in [0.29, 0.717) is 5.02 Å². The number of rotatable bonds is 1. The van der Waals surface area contributed by atoms with Crippen LogP contribution in [0.2, 0.25) is 5.02 Å². The summed E-state index contributed by atoms with van der Waals surface area (Å²) in [6.45, 7) is 0. The molecule has 2 N–H and O–H groups in total. The van der Waals surface area contributed by atoms with E-state index < -0.39 is 11.7 Å². The average molecular weight is 273 g/mol. The Labute approximate surface area is 106 Å². The van der Waals surface area contributed by atoms with Gasteiger partial charge in [-0.2, -0.15) is 13.2 Å². The molecule has 0 radical (unpaired) electrons. The van der Waals surface area contributed by atoms with Gasteiger partial charge in [-0.1, -0.05) is 11.6 Å². The fourth-order valence-electron chi connectivity index (χ4n) is 1.62. The van der Waals surface area contributed by atoms with E-state index in [1.165, 1.54) is 18.2 Å². The van der Waals surface area contributed by atoms with Crippen LogP contribution in [0.15, 0.2) is 36.7 Å². The van der Waals surface area contributed by atoms with Crippen LogP contribution >= 0.6 is 11.6 Å². The Kier molecular flexibility index (Phi) is 3.17. The molecule has 2 nitrogen and oxygen atoms in total. The van der Waals surface area contributed by atoms with E-state index in [1.54, 1.807) is 0 Å². The van der Waals surface area contributed by atoms with Crippen molar-refractivity contribution in [2.75, 3.05) is 5.73 Å². The Bertz CT molecular complexity index is 582. The molecular formula is C12H8ClF3N2. The molecule has 0 amide bonds. The SMILES string of the molecule is Nc1ccc(Cl)cc1-c1cnccc1C(F)(F)F. The molecule has 6 heteroatoms. The third-order valence-electron chi connectivity index (χ3n) is 2.43. The largest absolute Gasteiger partial charge is 0.417 e. The molecular weight excluding hydrogens is 265 g/mol. The molecule has 1 aromatic carbocycles. The van der Waals surface area contributed by atoms with Crippen LogP contribution in [0.3, 0.4) is 0 Å². The van der Waals surface area contributed by atoms with Crippen molar-refractivity contribution in [3.8, 4) is 11.1 Å². The van der Waals surface area contributed by atoms with Gasteiger partial charge >= 0.3 is 6.18 Å². The van der Waals surface area contributed by atoms with Crippen molar-refractivity contribution in [3.05, 3.63) is 47.2 Å². The number of pyridine rings is 1. The molecule has 1 aromatic heterocycles. The minimum absolute atomic E-state index is 0.0787. The first-order chi connectivity index (χ1) is 8.39. The van der Waals surface area contributed by atoms with Gasteiger partial charge in [0.25, 0.3) is 0 Å². The van der Waals surface area contributed by atoms with Gasteiger partial charge in [0.2, 0.25) is 0 Å². The van der Waals surface area contributed by atoms with E-state index >= 15 is 0 Å². The Morgan fingerprint density at radius 1 is 1.11 bits per heavy atom. The third kappa shape index (κ3) is 2.41. The van der Waals surface area contributed by atoms with Gasteiger partial charge in [-0.05, 0) is 24.3 Å². The molecule has 2 aromatic rings. The molecule has 0 bridgehead atoms. The molecule has 2 rings (SSSR count). The lowest BCUT2D eigenvalue weighted by molar-refractivity contribution is -0.137. The fourth-order valence-corrected chi connectivity index (χ4v) is 1.79. The summed E-state index contributed by atoms with van der Waals surface area (Å²) in [7, 11) is 0. The number of anilines is 1. The summed E-state index contributed by atoms with van der Waals surface area (Å²) < 4.78 is 38.6. The molecule has 0 atom stereocenters. The van der Waals surface area contributed by atoms with Crippen molar-refractivity contribution in [1.82, 2.24) is 4.98 Å². The van der Waals surface area contributed by atoms with Gasteiger partial charge in [-0.25, -0.2) is 0 Å². The van der Waals surface area contributed by atoms with Crippen LogP contribution in [0.25, 0.3) is 11.1 Å². The Morgan fingerprint density at radius 2 is 1.83 bits per heavy atom. The zero-order chi connectivity index (χ0) is 13.3. The summed E-state index contributed by atoms with van der Waals surface area (Å²) in [5, 5.41) is 0.316. The highest BCUT2D eigenvalue weighted by molar-refractivity contribution is 6.31. The Morgan fingerprint density at radius 3 is 2.50 bits per heavy atom. The van der Waals surface area contributed by atoms with Crippen LogP contribution in [-0.2, 0) is 6.18 Å². The quantitative estimate of drug-likeness (QED) is 0.797. The highest BCUT2D eigenvalue weighted by Gasteiger charge is 2.34. The highest BCUT2D eigenvalue weighted by Crippen LogP contribution is 2.39. The molecule has 0 aliphatic heterocycles. The summed E-state index contributed by atoms with van der Waals surface area (Å²) in [5.74, 6) is 0. The highest BCUT2D eigenvalue weighted by atomic mass is 35.5. The number of halogens is 4. The number of nitrogens with zero attached hydrogens (tertiary/aromatic N) is 1. The normalized spacial score (nSPS) is 11.6. The molecule has 18 heavy (non-hydrogen) atoms. The van der Waals surface area contributed by atoms with Crippen LogP contribution in [-0.4, -0.2) is 4.98 Å². The first-order valence-electron chi connectivity index (χ1n) is 4.96. The van der Waals surface area contributed by atoms with Gasteiger partial charge < -0.3 is 5.73 Å². The smallest absolute Gasteiger partial charge is 0.398 e. The molecule has 0 spiro atoms. The Balaban J connectivity index is 2.68. The van der Waals surface area contributed by atoms with Gasteiger partial charge in [0.05, 0.1) is 5.56 Å². The summed E-state index contributed by atoms with van der Waals surface area (Å²) in [6.07, 6.45) is -2.25. The van der Waals surface area contributed by atoms with E-state index in [1.807, 2.05) is 0 Å². The summed E-state index contributed by atoms with van der Waals surface area (Å²) in [5.41, 5.74) is 5.26. The molecule has 0 aliphatic carbocycles. The van der Waals surface area contributed by atoms with Crippen molar-refractivity contribution in [1.29, 1.82) is 0 Å². The number of hydrogen-bond donors (Lipinski definition) is 1. The van der Waals surface area contributed by atoms with Crippen LogP contribution in [0.1, 0.15) is 5.56 Å².